The smallest absolute Gasteiger partial charge is 0.335 e. The number of rotatable bonds is 4. The van der Waals surface area contributed by atoms with Crippen molar-refractivity contribution in [3.8, 4) is 0 Å². The summed E-state index contributed by atoms with van der Waals surface area (Å²) in [4.78, 5) is 21.6. The summed E-state index contributed by atoms with van der Waals surface area (Å²) in [6.07, 6.45) is 0. The number of carboxylic acids is 1. The van der Waals surface area contributed by atoms with Crippen molar-refractivity contribution in [1.82, 2.24) is 0 Å². The summed E-state index contributed by atoms with van der Waals surface area (Å²) in [5.41, 5.74) is 2.57. The lowest BCUT2D eigenvalue weighted by molar-refractivity contribution is -0.121. The maximum absolute atomic E-state index is 13.5. The van der Waals surface area contributed by atoms with Crippen LogP contribution < -0.4 is 11.1 Å². The van der Waals surface area contributed by atoms with E-state index in [-0.39, 0.29) is 0 Å². The molecule has 0 heterocycles. The van der Waals surface area contributed by atoms with Gasteiger partial charge in [-0.15, -0.1) is 0 Å². The highest BCUT2D eigenvalue weighted by molar-refractivity contribution is 5.89. The number of halogens is 2. The molecule has 1 aromatic rings. The lowest BCUT2D eigenvalue weighted by atomic mass is 10.0. The number of carbonyl (C=O) groups excluding carboxylic acids is 1. The van der Waals surface area contributed by atoms with Crippen LogP contribution in [0.5, 0.6) is 0 Å². The minimum Gasteiger partial charge on any atom is -0.478 e. The van der Waals surface area contributed by atoms with Crippen LogP contribution >= 0.6 is 0 Å². The number of nitrogens with one attached hydrogen (secondary N) is 1. The second-order valence-corrected chi connectivity index (χ2v) is 4.23. The fraction of sp³-hybridized carbons (Fsp3) is 0.273. The molecule has 1 aromatic carbocycles. The first-order valence-electron chi connectivity index (χ1n) is 4.95. The second-order valence-electron chi connectivity index (χ2n) is 4.23. The van der Waals surface area contributed by atoms with Crippen LogP contribution in [0.15, 0.2) is 12.1 Å². The van der Waals surface area contributed by atoms with Crippen LogP contribution in [0.25, 0.3) is 0 Å². The van der Waals surface area contributed by atoms with Crippen molar-refractivity contribution in [2.24, 2.45) is 5.73 Å². The van der Waals surface area contributed by atoms with Gasteiger partial charge in [-0.1, -0.05) is 0 Å². The van der Waals surface area contributed by atoms with Crippen molar-refractivity contribution in [2.45, 2.75) is 19.4 Å². The predicted molar refractivity (Wildman–Crippen MR) is 60.2 cm³/mol. The van der Waals surface area contributed by atoms with Gasteiger partial charge >= 0.3 is 5.97 Å². The van der Waals surface area contributed by atoms with Crippen LogP contribution in [0.3, 0.4) is 0 Å². The summed E-state index contributed by atoms with van der Waals surface area (Å²) in [6, 6.07) is 1.32. The Morgan fingerprint density at radius 1 is 1.28 bits per heavy atom. The van der Waals surface area contributed by atoms with Gasteiger partial charge in [0, 0.05) is 0 Å². The molecule has 0 bridgehead atoms. The molecule has 0 atom stereocenters. The molecular formula is C11H12F2N2O3. The maximum atomic E-state index is 13.5. The first kappa shape index (κ1) is 13.9. The van der Waals surface area contributed by atoms with Gasteiger partial charge in [-0.25, -0.2) is 13.6 Å². The lowest BCUT2D eigenvalue weighted by Crippen LogP contribution is -2.45. The zero-order chi connectivity index (χ0) is 14.1. The Morgan fingerprint density at radius 2 is 1.72 bits per heavy atom. The maximum Gasteiger partial charge on any atom is 0.335 e. The van der Waals surface area contributed by atoms with Crippen molar-refractivity contribution in [1.29, 1.82) is 0 Å². The highest BCUT2D eigenvalue weighted by Crippen LogP contribution is 2.24. The molecular weight excluding hydrogens is 246 g/mol. The molecule has 98 valence electrons. The molecule has 0 saturated heterocycles. The van der Waals surface area contributed by atoms with Gasteiger partial charge in [-0.05, 0) is 26.0 Å². The van der Waals surface area contributed by atoms with E-state index >= 15 is 0 Å². The average molecular weight is 258 g/mol. The lowest BCUT2D eigenvalue weighted by Gasteiger charge is -2.24. The Bertz CT molecular complexity index is 492. The van der Waals surface area contributed by atoms with Crippen molar-refractivity contribution in [3.05, 3.63) is 29.3 Å². The Balaban J connectivity index is 3.20. The van der Waals surface area contributed by atoms with Crippen LogP contribution in [-0.4, -0.2) is 22.5 Å². The number of hydrogen-bond acceptors (Lipinski definition) is 3. The molecule has 0 aromatic heterocycles. The van der Waals surface area contributed by atoms with Gasteiger partial charge < -0.3 is 16.2 Å². The van der Waals surface area contributed by atoms with Crippen molar-refractivity contribution in [3.63, 3.8) is 0 Å². The van der Waals surface area contributed by atoms with Gasteiger partial charge in [0.2, 0.25) is 5.91 Å². The molecule has 0 saturated carbocycles. The van der Waals surface area contributed by atoms with Crippen LogP contribution in [0.1, 0.15) is 24.2 Å². The Labute approximate surface area is 102 Å². The van der Waals surface area contributed by atoms with Crippen LogP contribution in [0.4, 0.5) is 14.5 Å². The first-order valence-corrected chi connectivity index (χ1v) is 4.95. The van der Waals surface area contributed by atoms with Gasteiger partial charge in [-0.2, -0.15) is 0 Å². The highest BCUT2D eigenvalue weighted by Gasteiger charge is 2.27. The summed E-state index contributed by atoms with van der Waals surface area (Å²) < 4.78 is 27.1. The van der Waals surface area contributed by atoms with Crippen molar-refractivity contribution >= 4 is 17.6 Å². The zero-order valence-corrected chi connectivity index (χ0v) is 9.75. The minimum atomic E-state index is -1.45. The predicted octanol–water partition coefficient (Wildman–Crippen LogP) is 1.34. The standard InChI is InChI=1S/C11H12F2N2O3/c1-11(2,10(14)18)15-8-6(12)3-5(9(16)17)4-7(8)13/h3-4,15H,1-2H3,(H2,14,18)(H,16,17). The van der Waals surface area contributed by atoms with E-state index in [4.69, 9.17) is 10.8 Å². The van der Waals surface area contributed by atoms with Gasteiger partial charge in [0.25, 0.3) is 0 Å². The van der Waals surface area contributed by atoms with Crippen molar-refractivity contribution < 1.29 is 23.5 Å². The third-order valence-corrected chi connectivity index (χ3v) is 2.34. The molecule has 0 unspecified atom stereocenters. The van der Waals surface area contributed by atoms with Gasteiger partial charge in [0.05, 0.1) is 5.56 Å². The molecule has 7 heteroatoms. The Morgan fingerprint density at radius 3 is 2.06 bits per heavy atom. The number of amides is 1. The molecule has 1 rings (SSSR count). The third kappa shape index (κ3) is 2.73. The highest BCUT2D eigenvalue weighted by atomic mass is 19.1. The van der Waals surface area contributed by atoms with E-state index in [0.717, 1.165) is 0 Å². The summed E-state index contributed by atoms with van der Waals surface area (Å²) >= 11 is 0. The number of primary amides is 1. The van der Waals surface area contributed by atoms with E-state index in [9.17, 15) is 18.4 Å². The number of benzene rings is 1. The molecule has 0 spiro atoms. The number of hydrogen-bond donors (Lipinski definition) is 3. The zero-order valence-electron chi connectivity index (χ0n) is 9.75. The van der Waals surface area contributed by atoms with Crippen molar-refractivity contribution in [2.75, 3.05) is 5.32 Å². The molecule has 0 aliphatic carbocycles. The number of carboxylic acid groups (broad SMARTS) is 1. The first-order chi connectivity index (χ1) is 8.15. The van der Waals surface area contributed by atoms with E-state index in [2.05, 4.69) is 5.32 Å². The molecule has 0 radical (unpaired) electrons. The Hall–Kier alpha value is -2.18. The molecule has 0 fully saturated rings. The molecule has 0 aliphatic heterocycles. The largest absolute Gasteiger partial charge is 0.478 e. The average Bonchev–Trinajstić information content (AvgIpc) is 2.22. The summed E-state index contributed by atoms with van der Waals surface area (Å²) in [6.45, 7) is 2.69. The third-order valence-electron chi connectivity index (χ3n) is 2.34. The summed E-state index contributed by atoms with van der Waals surface area (Å²) in [5.74, 6) is -4.47. The molecule has 5 nitrogen and oxygen atoms in total. The van der Waals surface area contributed by atoms with Gasteiger partial charge in [-0.3, -0.25) is 4.79 Å². The fourth-order valence-corrected chi connectivity index (χ4v) is 1.19. The molecule has 18 heavy (non-hydrogen) atoms. The molecule has 0 aliphatic rings. The molecule has 1 amide bonds. The van der Waals surface area contributed by atoms with Crippen LogP contribution in [-0.2, 0) is 4.79 Å². The fourth-order valence-electron chi connectivity index (χ4n) is 1.19. The minimum absolute atomic E-state index is 0.521. The second kappa shape index (κ2) is 4.59. The van der Waals surface area contributed by atoms with Gasteiger partial charge in [0.15, 0.2) is 0 Å². The normalized spacial score (nSPS) is 11.1. The van der Waals surface area contributed by atoms with E-state index < -0.39 is 40.3 Å². The topological polar surface area (TPSA) is 92.4 Å². The van der Waals surface area contributed by atoms with E-state index in [1.807, 2.05) is 0 Å². The van der Waals surface area contributed by atoms with Crippen LogP contribution in [0, 0.1) is 11.6 Å². The summed E-state index contributed by atoms with van der Waals surface area (Å²) in [7, 11) is 0. The summed E-state index contributed by atoms with van der Waals surface area (Å²) in [5, 5.41) is 10.9. The number of anilines is 1. The SMILES string of the molecule is CC(C)(Nc1c(F)cc(C(=O)O)cc1F)C(N)=O. The Kier molecular flexibility index (Phi) is 3.54. The number of aromatic carboxylic acids is 1. The van der Waals surface area contributed by atoms with E-state index in [1.165, 1.54) is 13.8 Å². The van der Waals surface area contributed by atoms with Crippen LogP contribution in [0.2, 0.25) is 0 Å². The monoisotopic (exact) mass is 258 g/mol. The number of carbonyl (C=O) groups is 2. The molecule has 4 N–H and O–H groups in total. The number of nitrogens with two attached hydrogens (primary N) is 1. The quantitative estimate of drug-likeness (QED) is 0.759. The van der Waals surface area contributed by atoms with Gasteiger partial charge in [0.1, 0.15) is 22.9 Å². The van der Waals surface area contributed by atoms with E-state index in [0.29, 0.717) is 12.1 Å². The van der Waals surface area contributed by atoms with E-state index in [1.54, 1.807) is 0 Å².